The maximum atomic E-state index is 13.0. The van der Waals surface area contributed by atoms with Crippen molar-refractivity contribution in [2.24, 2.45) is 0 Å². The highest BCUT2D eigenvalue weighted by Gasteiger charge is 2.17. The number of amides is 1. The molecule has 1 N–H and O–H groups in total. The summed E-state index contributed by atoms with van der Waals surface area (Å²) in [6.07, 6.45) is 1.57. The van der Waals surface area contributed by atoms with Crippen LogP contribution in [0.25, 0.3) is 0 Å². The molecule has 0 aromatic heterocycles. The maximum absolute atomic E-state index is 13.0. The van der Waals surface area contributed by atoms with E-state index in [2.05, 4.69) is 11.3 Å². The molecule has 0 heterocycles. The summed E-state index contributed by atoms with van der Waals surface area (Å²) in [4.78, 5) is 12.8. The third kappa shape index (κ3) is 4.95. The Hall–Kier alpha value is -1.73. The van der Waals surface area contributed by atoms with E-state index in [1.54, 1.807) is 6.08 Å². The van der Waals surface area contributed by atoms with Gasteiger partial charge in [-0.2, -0.15) is 0 Å². The van der Waals surface area contributed by atoms with Gasteiger partial charge in [0.25, 0.3) is 0 Å². The molecule has 1 aromatic rings. The molecular weight excluding hydrogens is 295 g/mol. The number of nitrogens with one attached hydrogen (secondary N) is 1. The summed E-state index contributed by atoms with van der Waals surface area (Å²) in [5.41, 5.74) is 0.331. The molecule has 116 valence electrons. The molecule has 0 saturated carbocycles. The Kier molecular flexibility index (Phi) is 6.04. The molecule has 0 spiro atoms. The Morgan fingerprint density at radius 3 is 2.67 bits per heavy atom. The molecule has 0 aliphatic carbocycles. The lowest BCUT2D eigenvalue weighted by molar-refractivity contribution is -0.128. The third-order valence-corrected chi connectivity index (χ3v) is 4.52. The van der Waals surface area contributed by atoms with E-state index in [9.17, 15) is 17.6 Å². The largest absolute Gasteiger partial charge is 0.338 e. The molecule has 0 unspecified atom stereocenters. The van der Waals surface area contributed by atoms with E-state index in [1.807, 2.05) is 0 Å². The number of rotatable bonds is 7. The topological polar surface area (TPSA) is 66.5 Å². The van der Waals surface area contributed by atoms with Gasteiger partial charge in [0.1, 0.15) is 5.82 Å². The van der Waals surface area contributed by atoms with Gasteiger partial charge < -0.3 is 4.90 Å². The van der Waals surface area contributed by atoms with Crippen LogP contribution in [0.3, 0.4) is 0 Å². The smallest absolute Gasteiger partial charge is 0.240 e. The van der Waals surface area contributed by atoms with E-state index in [-0.39, 0.29) is 23.9 Å². The molecule has 7 heteroatoms. The van der Waals surface area contributed by atoms with Crippen LogP contribution in [0.15, 0.2) is 35.7 Å². The normalized spacial score (nSPS) is 11.2. The molecule has 0 bridgehead atoms. The van der Waals surface area contributed by atoms with Crippen molar-refractivity contribution in [2.75, 3.05) is 19.6 Å². The van der Waals surface area contributed by atoms with Crippen LogP contribution < -0.4 is 4.72 Å². The minimum absolute atomic E-state index is 0.0296. The van der Waals surface area contributed by atoms with Gasteiger partial charge in [0, 0.05) is 26.6 Å². The van der Waals surface area contributed by atoms with Crippen molar-refractivity contribution in [3.63, 3.8) is 0 Å². The minimum Gasteiger partial charge on any atom is -0.338 e. The third-order valence-electron chi connectivity index (χ3n) is 2.90. The van der Waals surface area contributed by atoms with Crippen molar-refractivity contribution in [1.82, 2.24) is 9.62 Å². The highest BCUT2D eigenvalue weighted by Crippen LogP contribution is 2.15. The summed E-state index contributed by atoms with van der Waals surface area (Å²) in [6, 6.07) is 3.48. The quantitative estimate of drug-likeness (QED) is 0.775. The van der Waals surface area contributed by atoms with E-state index in [4.69, 9.17) is 0 Å². The van der Waals surface area contributed by atoms with Crippen molar-refractivity contribution in [3.05, 3.63) is 42.2 Å². The Bertz CT molecular complexity index is 629. The van der Waals surface area contributed by atoms with Crippen molar-refractivity contribution in [1.29, 1.82) is 0 Å². The van der Waals surface area contributed by atoms with E-state index in [0.717, 1.165) is 12.1 Å². The van der Waals surface area contributed by atoms with Crippen LogP contribution in [0.1, 0.15) is 12.5 Å². The van der Waals surface area contributed by atoms with Gasteiger partial charge in [-0.15, -0.1) is 6.58 Å². The Morgan fingerprint density at radius 2 is 2.14 bits per heavy atom. The number of sulfonamides is 1. The van der Waals surface area contributed by atoms with Crippen molar-refractivity contribution in [3.8, 4) is 0 Å². The van der Waals surface area contributed by atoms with Crippen LogP contribution in [0, 0.1) is 12.7 Å². The van der Waals surface area contributed by atoms with Gasteiger partial charge in [0.05, 0.1) is 4.90 Å². The van der Waals surface area contributed by atoms with Crippen LogP contribution in [0.5, 0.6) is 0 Å². The maximum Gasteiger partial charge on any atom is 0.240 e. The molecule has 5 nitrogen and oxygen atoms in total. The highest BCUT2D eigenvalue weighted by atomic mass is 32.2. The van der Waals surface area contributed by atoms with Gasteiger partial charge in [0.15, 0.2) is 0 Å². The summed E-state index contributed by atoms with van der Waals surface area (Å²) in [6.45, 7) is 7.14. The SMILES string of the molecule is C=CCN(CCNS(=O)(=O)c1ccc(F)cc1C)C(C)=O. The summed E-state index contributed by atoms with van der Waals surface area (Å²) in [7, 11) is -3.72. The van der Waals surface area contributed by atoms with E-state index in [0.29, 0.717) is 12.1 Å². The first-order valence-corrected chi connectivity index (χ1v) is 7.88. The summed E-state index contributed by atoms with van der Waals surface area (Å²) < 4.78 is 39.6. The van der Waals surface area contributed by atoms with Crippen molar-refractivity contribution >= 4 is 15.9 Å². The lowest BCUT2D eigenvalue weighted by Crippen LogP contribution is -2.37. The molecule has 0 aliphatic rings. The lowest BCUT2D eigenvalue weighted by Gasteiger charge is -2.19. The average molecular weight is 314 g/mol. The molecule has 21 heavy (non-hydrogen) atoms. The van der Waals surface area contributed by atoms with Crippen LogP contribution in [-0.4, -0.2) is 38.9 Å². The fraction of sp³-hybridized carbons (Fsp3) is 0.357. The first kappa shape index (κ1) is 17.3. The first-order valence-electron chi connectivity index (χ1n) is 6.40. The molecule has 0 saturated heterocycles. The molecule has 1 amide bonds. The van der Waals surface area contributed by atoms with Crippen molar-refractivity contribution < 1.29 is 17.6 Å². The van der Waals surface area contributed by atoms with Crippen molar-refractivity contribution in [2.45, 2.75) is 18.7 Å². The molecular formula is C14H19FN2O3S. The van der Waals surface area contributed by atoms with Gasteiger partial charge in [0.2, 0.25) is 15.9 Å². The summed E-state index contributed by atoms with van der Waals surface area (Å²) in [5.74, 6) is -0.646. The van der Waals surface area contributed by atoms with Gasteiger partial charge >= 0.3 is 0 Å². The van der Waals surface area contributed by atoms with Gasteiger partial charge in [-0.25, -0.2) is 17.5 Å². The minimum atomic E-state index is -3.72. The second kappa shape index (κ2) is 7.33. The summed E-state index contributed by atoms with van der Waals surface area (Å²) in [5, 5.41) is 0. The van der Waals surface area contributed by atoms with Gasteiger partial charge in [-0.1, -0.05) is 6.08 Å². The number of hydrogen-bond acceptors (Lipinski definition) is 3. The molecule has 0 radical (unpaired) electrons. The van der Waals surface area contributed by atoms with Crippen LogP contribution in [-0.2, 0) is 14.8 Å². The fourth-order valence-electron chi connectivity index (χ4n) is 1.84. The number of nitrogens with zero attached hydrogens (tertiary/aromatic N) is 1. The number of benzene rings is 1. The Balaban J connectivity index is 2.73. The number of aryl methyl sites for hydroxylation is 1. The molecule has 0 fully saturated rings. The zero-order chi connectivity index (χ0) is 16.0. The van der Waals surface area contributed by atoms with E-state index < -0.39 is 15.8 Å². The monoisotopic (exact) mass is 314 g/mol. The van der Waals surface area contributed by atoms with Gasteiger partial charge in [-0.3, -0.25) is 4.79 Å². The number of halogens is 1. The first-order chi connectivity index (χ1) is 9.77. The lowest BCUT2D eigenvalue weighted by atomic mass is 10.2. The zero-order valence-electron chi connectivity index (χ0n) is 12.1. The standard InChI is InChI=1S/C14H19FN2O3S/c1-4-8-17(12(3)18)9-7-16-21(19,20)14-6-5-13(15)10-11(14)2/h4-6,10,16H,1,7-9H2,2-3H3. The van der Waals surface area contributed by atoms with E-state index >= 15 is 0 Å². The predicted molar refractivity (Wildman–Crippen MR) is 78.8 cm³/mol. The van der Waals surface area contributed by atoms with Crippen LogP contribution in [0.4, 0.5) is 4.39 Å². The number of carbonyl (C=O) groups excluding carboxylic acids is 1. The molecule has 0 atom stereocenters. The molecule has 1 rings (SSSR count). The van der Waals surface area contributed by atoms with Gasteiger partial charge in [-0.05, 0) is 30.7 Å². The second-order valence-corrected chi connectivity index (χ2v) is 6.30. The number of hydrogen-bond donors (Lipinski definition) is 1. The predicted octanol–water partition coefficient (Wildman–Crippen LogP) is 1.45. The molecule has 0 aliphatic heterocycles. The average Bonchev–Trinajstić information content (AvgIpc) is 2.36. The fourth-order valence-corrected chi connectivity index (χ4v) is 3.09. The second-order valence-electron chi connectivity index (χ2n) is 4.56. The highest BCUT2D eigenvalue weighted by molar-refractivity contribution is 7.89. The zero-order valence-corrected chi connectivity index (χ0v) is 12.9. The summed E-state index contributed by atoms with van der Waals surface area (Å²) >= 11 is 0. The van der Waals surface area contributed by atoms with Crippen LogP contribution >= 0.6 is 0 Å². The Morgan fingerprint density at radius 1 is 1.48 bits per heavy atom. The molecule has 1 aromatic carbocycles. The van der Waals surface area contributed by atoms with E-state index in [1.165, 1.54) is 24.8 Å². The van der Waals surface area contributed by atoms with Crippen LogP contribution in [0.2, 0.25) is 0 Å². The Labute approximate surface area is 124 Å². The number of carbonyl (C=O) groups is 1.